The van der Waals surface area contributed by atoms with E-state index >= 15 is 0 Å². The van der Waals surface area contributed by atoms with Gasteiger partial charge in [-0.25, -0.2) is 8.42 Å². The molecule has 3 rings (SSSR count). The number of aromatic nitrogens is 1. The van der Waals surface area contributed by atoms with Crippen LogP contribution in [0.2, 0.25) is 0 Å². The highest BCUT2D eigenvalue weighted by Gasteiger charge is 2.21. The zero-order valence-corrected chi connectivity index (χ0v) is 17.0. The number of amides is 1. The Morgan fingerprint density at radius 2 is 1.90 bits per heavy atom. The minimum Gasteiger partial charge on any atom is -0.495 e. The van der Waals surface area contributed by atoms with Crippen molar-refractivity contribution >= 4 is 38.2 Å². The third-order valence-corrected chi connectivity index (χ3v) is 5.47. The van der Waals surface area contributed by atoms with E-state index in [1.54, 1.807) is 36.5 Å². The molecular weight excluding hydrogens is 394 g/mol. The van der Waals surface area contributed by atoms with E-state index in [0.717, 1.165) is 0 Å². The van der Waals surface area contributed by atoms with Crippen LogP contribution in [-0.4, -0.2) is 33.0 Å². The fourth-order valence-electron chi connectivity index (χ4n) is 2.90. The first-order chi connectivity index (χ1) is 13.9. The maximum Gasteiger partial charge on any atom is 0.262 e. The second kappa shape index (κ2) is 8.36. The van der Waals surface area contributed by atoms with Gasteiger partial charge >= 0.3 is 0 Å². The number of carbonyl (C=O) groups excluding carboxylic acids is 1. The Bertz CT molecular complexity index is 1160. The molecule has 29 heavy (non-hydrogen) atoms. The van der Waals surface area contributed by atoms with Crippen molar-refractivity contribution in [2.24, 2.45) is 0 Å². The summed E-state index contributed by atoms with van der Waals surface area (Å²) in [5.41, 5.74) is 1.09. The van der Waals surface area contributed by atoms with E-state index in [1.807, 2.05) is 6.92 Å². The molecule has 9 heteroatoms. The van der Waals surface area contributed by atoms with Gasteiger partial charge < -0.3 is 14.8 Å². The van der Waals surface area contributed by atoms with E-state index < -0.39 is 10.0 Å². The summed E-state index contributed by atoms with van der Waals surface area (Å²) in [7, 11) is -2.56. The lowest BCUT2D eigenvalue weighted by molar-refractivity contribution is -0.114. The first-order valence-corrected chi connectivity index (χ1v) is 10.3. The van der Waals surface area contributed by atoms with Gasteiger partial charge in [-0.05, 0) is 49.4 Å². The predicted octanol–water partition coefficient (Wildman–Crippen LogP) is 3.40. The number of benzene rings is 2. The maximum absolute atomic E-state index is 13.2. The van der Waals surface area contributed by atoms with E-state index in [-0.39, 0.29) is 16.5 Å². The van der Waals surface area contributed by atoms with Gasteiger partial charge in [0.15, 0.2) is 0 Å². The molecule has 0 aliphatic heterocycles. The summed E-state index contributed by atoms with van der Waals surface area (Å²) in [6, 6.07) is 11.1. The summed E-state index contributed by atoms with van der Waals surface area (Å²) in [6.07, 6.45) is 1.58. The van der Waals surface area contributed by atoms with Crippen molar-refractivity contribution in [3.05, 3.63) is 48.7 Å². The fraction of sp³-hybridized carbons (Fsp3) is 0.200. The highest BCUT2D eigenvalue weighted by molar-refractivity contribution is 7.93. The number of carbonyl (C=O) groups is 1. The topological polar surface area (TPSA) is 107 Å². The Balaban J connectivity index is 2.07. The second-order valence-corrected chi connectivity index (χ2v) is 7.75. The first kappa shape index (κ1) is 20.4. The van der Waals surface area contributed by atoms with Crippen molar-refractivity contribution in [1.82, 2.24) is 4.98 Å². The average molecular weight is 415 g/mol. The van der Waals surface area contributed by atoms with E-state index in [0.29, 0.717) is 34.7 Å². The average Bonchev–Trinajstić information content (AvgIpc) is 2.68. The SMILES string of the molecule is CCOc1ccc(S(=O)(=O)Nc2cc(NC(C)=O)ccc2OC)c2cccnc12. The van der Waals surface area contributed by atoms with Crippen LogP contribution >= 0.6 is 0 Å². The fourth-order valence-corrected chi connectivity index (χ4v) is 4.16. The van der Waals surface area contributed by atoms with Gasteiger partial charge in [0.2, 0.25) is 5.91 Å². The highest BCUT2D eigenvalue weighted by atomic mass is 32.2. The van der Waals surface area contributed by atoms with Crippen LogP contribution < -0.4 is 19.5 Å². The summed E-state index contributed by atoms with van der Waals surface area (Å²) in [6.45, 7) is 3.64. The zero-order chi connectivity index (χ0) is 21.0. The number of hydrogen-bond donors (Lipinski definition) is 2. The molecule has 0 atom stereocenters. The van der Waals surface area contributed by atoms with E-state index in [1.165, 1.54) is 26.2 Å². The van der Waals surface area contributed by atoms with Crippen molar-refractivity contribution in [2.75, 3.05) is 23.8 Å². The summed E-state index contributed by atoms with van der Waals surface area (Å²) in [5, 5.41) is 3.05. The maximum atomic E-state index is 13.2. The number of rotatable bonds is 7. The molecule has 2 aromatic carbocycles. The standard InChI is InChI=1S/C20H21N3O5S/c1-4-28-18-9-10-19(15-6-5-11-21-20(15)18)29(25,26)23-16-12-14(22-13(2)24)7-8-17(16)27-3/h5-12,23H,4H2,1-3H3,(H,22,24). The Labute approximate surface area is 168 Å². The number of sulfonamides is 1. The lowest BCUT2D eigenvalue weighted by Crippen LogP contribution is -2.15. The summed E-state index contributed by atoms with van der Waals surface area (Å²) in [5.74, 6) is 0.552. The predicted molar refractivity (Wildman–Crippen MR) is 111 cm³/mol. The molecule has 3 aromatic rings. The number of nitrogens with one attached hydrogen (secondary N) is 2. The number of pyridine rings is 1. The molecule has 0 spiro atoms. The number of methoxy groups -OCH3 is 1. The number of ether oxygens (including phenoxy) is 2. The minimum absolute atomic E-state index is 0.0519. The van der Waals surface area contributed by atoms with Crippen LogP contribution in [0, 0.1) is 0 Å². The largest absolute Gasteiger partial charge is 0.495 e. The Morgan fingerprint density at radius 3 is 2.59 bits per heavy atom. The normalized spacial score (nSPS) is 11.1. The molecule has 8 nitrogen and oxygen atoms in total. The molecule has 0 aliphatic rings. The lowest BCUT2D eigenvalue weighted by Gasteiger charge is -2.15. The second-order valence-electron chi connectivity index (χ2n) is 6.10. The van der Waals surface area contributed by atoms with Gasteiger partial charge in [-0.15, -0.1) is 0 Å². The van der Waals surface area contributed by atoms with Gasteiger partial charge in [0, 0.05) is 24.2 Å². The Hall–Kier alpha value is -3.33. The van der Waals surface area contributed by atoms with E-state index in [9.17, 15) is 13.2 Å². The summed E-state index contributed by atoms with van der Waals surface area (Å²) in [4.78, 5) is 15.6. The highest BCUT2D eigenvalue weighted by Crippen LogP contribution is 2.33. The van der Waals surface area contributed by atoms with Crippen LogP contribution in [-0.2, 0) is 14.8 Å². The molecule has 0 fully saturated rings. The van der Waals surface area contributed by atoms with Gasteiger partial charge in [-0.3, -0.25) is 14.5 Å². The molecule has 0 radical (unpaired) electrons. The Morgan fingerprint density at radius 1 is 1.14 bits per heavy atom. The van der Waals surface area contributed by atoms with Gasteiger partial charge in [0.25, 0.3) is 10.0 Å². The van der Waals surface area contributed by atoms with E-state index in [2.05, 4.69) is 15.0 Å². The van der Waals surface area contributed by atoms with Gasteiger partial charge in [0.05, 0.1) is 24.3 Å². The number of nitrogens with zero attached hydrogens (tertiary/aromatic N) is 1. The van der Waals surface area contributed by atoms with Crippen LogP contribution in [0.4, 0.5) is 11.4 Å². The van der Waals surface area contributed by atoms with E-state index in [4.69, 9.17) is 9.47 Å². The molecule has 152 valence electrons. The molecule has 0 unspecified atom stereocenters. The van der Waals surface area contributed by atoms with Crippen LogP contribution in [0.15, 0.2) is 53.6 Å². The lowest BCUT2D eigenvalue weighted by atomic mass is 10.2. The third kappa shape index (κ3) is 4.40. The van der Waals surface area contributed by atoms with Crippen LogP contribution in [0.1, 0.15) is 13.8 Å². The summed E-state index contributed by atoms with van der Waals surface area (Å²) < 4.78 is 39.7. The first-order valence-electron chi connectivity index (χ1n) is 8.84. The zero-order valence-electron chi connectivity index (χ0n) is 16.2. The molecule has 1 heterocycles. The molecule has 0 saturated carbocycles. The van der Waals surface area contributed by atoms with Gasteiger partial charge in [0.1, 0.15) is 17.0 Å². The monoisotopic (exact) mass is 415 g/mol. The number of fused-ring (bicyclic) bond motifs is 1. The van der Waals surface area contributed by atoms with Crippen molar-refractivity contribution in [2.45, 2.75) is 18.7 Å². The molecule has 0 aliphatic carbocycles. The third-order valence-electron chi connectivity index (χ3n) is 4.05. The molecule has 0 saturated heterocycles. The van der Waals surface area contributed by atoms with Crippen LogP contribution in [0.5, 0.6) is 11.5 Å². The van der Waals surface area contributed by atoms with Crippen molar-refractivity contribution in [3.8, 4) is 11.5 Å². The minimum atomic E-state index is -3.99. The number of hydrogen-bond acceptors (Lipinski definition) is 6. The Kier molecular flexibility index (Phi) is 5.88. The number of anilines is 2. The smallest absolute Gasteiger partial charge is 0.262 e. The molecule has 2 N–H and O–H groups in total. The summed E-state index contributed by atoms with van der Waals surface area (Å²) >= 11 is 0. The van der Waals surface area contributed by atoms with Gasteiger partial charge in [-0.2, -0.15) is 0 Å². The molecule has 1 aromatic heterocycles. The van der Waals surface area contributed by atoms with Crippen molar-refractivity contribution in [3.63, 3.8) is 0 Å². The van der Waals surface area contributed by atoms with Crippen molar-refractivity contribution in [1.29, 1.82) is 0 Å². The molecular formula is C20H21N3O5S. The quantitative estimate of drug-likeness (QED) is 0.613. The van der Waals surface area contributed by atoms with Gasteiger partial charge in [-0.1, -0.05) is 0 Å². The van der Waals surface area contributed by atoms with Crippen LogP contribution in [0.25, 0.3) is 10.9 Å². The molecule has 1 amide bonds. The molecule has 0 bridgehead atoms. The van der Waals surface area contributed by atoms with Crippen LogP contribution in [0.3, 0.4) is 0 Å². The van der Waals surface area contributed by atoms with Crippen molar-refractivity contribution < 1.29 is 22.7 Å².